The van der Waals surface area contributed by atoms with Crippen LogP contribution >= 0.6 is 19.6 Å². The Balaban J connectivity index is 1.37. The molecule has 0 bridgehead atoms. The van der Waals surface area contributed by atoms with Crippen LogP contribution in [0.2, 0.25) is 0 Å². The summed E-state index contributed by atoms with van der Waals surface area (Å²) in [5.74, 6) is -0.196. The fraction of sp³-hybridized carbons (Fsp3) is 0.611. The van der Waals surface area contributed by atoms with Crippen molar-refractivity contribution in [3.8, 4) is 0 Å². The summed E-state index contributed by atoms with van der Waals surface area (Å²) in [6.45, 7) is 0.555. The number of aryl methyl sites for hydroxylation is 1. The molecule has 2 aliphatic rings. The van der Waals surface area contributed by atoms with Gasteiger partial charge in [0.25, 0.3) is 5.56 Å². The minimum Gasteiger partial charge on any atom is -0.395 e. The number of aliphatic hydroxyl groups excluding tert-OH is 2. The second kappa shape index (κ2) is 10.5. The van der Waals surface area contributed by atoms with Crippen LogP contribution in [0.25, 0.3) is 0 Å². The molecule has 2 fully saturated rings. The highest BCUT2D eigenvalue weighted by Gasteiger charge is 2.43. The minimum absolute atomic E-state index is 0.0258. The zero-order chi connectivity index (χ0) is 26.2. The SMILES string of the molecule is Cc1cn([C@H]2CC(O)[C@@H](COP(=O)(O)OC3C[C@H](n4cnc(N)nc4=O)S[C@@H]3CO)O2)c(=O)[nH]c1=O. The Morgan fingerprint density at radius 1 is 1.33 bits per heavy atom. The number of aromatic nitrogens is 5. The molecule has 18 heteroatoms. The van der Waals surface area contributed by atoms with Gasteiger partial charge in [0, 0.05) is 24.6 Å². The predicted molar refractivity (Wildman–Crippen MR) is 124 cm³/mol. The summed E-state index contributed by atoms with van der Waals surface area (Å²) in [6.07, 6.45) is -1.57. The zero-order valence-corrected chi connectivity index (χ0v) is 20.6. The largest absolute Gasteiger partial charge is 0.472 e. The van der Waals surface area contributed by atoms with E-state index < -0.39 is 73.1 Å². The van der Waals surface area contributed by atoms with Crippen molar-refractivity contribution in [2.45, 2.75) is 54.9 Å². The van der Waals surface area contributed by atoms with Gasteiger partial charge in [-0.25, -0.2) is 19.1 Å². The van der Waals surface area contributed by atoms with Crippen LogP contribution in [0.15, 0.2) is 26.9 Å². The first-order valence-electron chi connectivity index (χ1n) is 10.8. The fourth-order valence-corrected chi connectivity index (χ4v) is 6.37. The van der Waals surface area contributed by atoms with Crippen LogP contribution < -0.4 is 22.7 Å². The molecule has 2 aromatic heterocycles. The van der Waals surface area contributed by atoms with Gasteiger partial charge in [0.15, 0.2) is 0 Å². The lowest BCUT2D eigenvalue weighted by Gasteiger charge is -2.22. The average molecular weight is 548 g/mol. The maximum Gasteiger partial charge on any atom is 0.472 e. The second-order valence-corrected chi connectivity index (χ2v) is 11.1. The number of phosphoric acid groups is 1. The van der Waals surface area contributed by atoms with Gasteiger partial charge in [-0.05, 0) is 6.92 Å². The molecule has 0 radical (unpaired) electrons. The number of H-pyrrole nitrogens is 1. The van der Waals surface area contributed by atoms with E-state index in [1.165, 1.54) is 24.0 Å². The van der Waals surface area contributed by atoms with E-state index in [0.29, 0.717) is 0 Å². The topological polar surface area (TPSA) is 234 Å². The lowest BCUT2D eigenvalue weighted by atomic mass is 10.2. The third-order valence-corrected chi connectivity index (χ3v) is 8.30. The summed E-state index contributed by atoms with van der Waals surface area (Å²) < 4.78 is 30.8. The first-order valence-corrected chi connectivity index (χ1v) is 13.2. The van der Waals surface area contributed by atoms with E-state index in [1.807, 2.05) is 0 Å². The maximum atomic E-state index is 12.6. The molecule has 0 aliphatic carbocycles. The summed E-state index contributed by atoms with van der Waals surface area (Å²) in [6, 6.07) is 0. The van der Waals surface area contributed by atoms with E-state index >= 15 is 0 Å². The van der Waals surface area contributed by atoms with E-state index in [0.717, 1.165) is 16.3 Å². The molecule has 0 saturated carbocycles. The van der Waals surface area contributed by atoms with Crippen molar-refractivity contribution in [1.29, 1.82) is 0 Å². The molecule has 7 atom stereocenters. The normalized spacial score (nSPS) is 29.9. The van der Waals surface area contributed by atoms with Crippen LogP contribution in [0.1, 0.15) is 30.0 Å². The average Bonchev–Trinajstić information content (AvgIpc) is 3.37. The molecule has 16 nitrogen and oxygen atoms in total. The molecule has 2 saturated heterocycles. The van der Waals surface area contributed by atoms with Crippen molar-refractivity contribution in [3.05, 3.63) is 49.4 Å². The number of rotatable bonds is 8. The summed E-state index contributed by atoms with van der Waals surface area (Å²) >= 11 is 1.13. The molecule has 2 aliphatic heterocycles. The third-order valence-electron chi connectivity index (χ3n) is 5.75. The first-order chi connectivity index (χ1) is 17.0. The van der Waals surface area contributed by atoms with Gasteiger partial charge >= 0.3 is 19.2 Å². The molecule has 36 heavy (non-hydrogen) atoms. The number of hydrogen-bond donors (Lipinski definition) is 5. The van der Waals surface area contributed by atoms with Gasteiger partial charge in [-0.2, -0.15) is 4.98 Å². The molecule has 0 spiro atoms. The Hall–Kier alpha value is -2.37. The molecule has 4 rings (SSSR count). The zero-order valence-electron chi connectivity index (χ0n) is 18.9. The molecule has 3 unspecified atom stereocenters. The summed E-state index contributed by atoms with van der Waals surface area (Å²) in [5.41, 5.74) is 3.72. The van der Waals surface area contributed by atoms with Gasteiger partial charge in [-0.15, -0.1) is 11.8 Å². The van der Waals surface area contributed by atoms with E-state index in [-0.39, 0.29) is 24.4 Å². The Kier molecular flexibility index (Phi) is 7.82. The van der Waals surface area contributed by atoms with Crippen LogP contribution in [0.3, 0.4) is 0 Å². The second-order valence-electron chi connectivity index (χ2n) is 8.27. The quantitative estimate of drug-likeness (QED) is 0.230. The standard InChI is InChI=1S/C18H25N6O10PS/c1-8-4-23(17(28)21-15(8)27)13-2-9(26)11(33-13)6-32-35(30,31)34-10-3-14(36-12(10)5-25)24-7-20-16(19)22-18(24)29/h4,7,9-14,25-26H,2-3,5-6H2,1H3,(H,30,31)(H2,19,22,29)(H,21,27,28)/t9?,10?,11-,12-,13-,14-/m1/s1. The van der Waals surface area contributed by atoms with Crippen molar-refractivity contribution in [1.82, 2.24) is 24.1 Å². The Labute approximate surface area is 206 Å². The van der Waals surface area contributed by atoms with Crippen LogP contribution in [0, 0.1) is 6.92 Å². The van der Waals surface area contributed by atoms with E-state index in [4.69, 9.17) is 19.5 Å². The molecular weight excluding hydrogens is 523 g/mol. The molecule has 0 amide bonds. The molecule has 0 aromatic carbocycles. The number of anilines is 1. The van der Waals surface area contributed by atoms with Crippen molar-refractivity contribution in [3.63, 3.8) is 0 Å². The summed E-state index contributed by atoms with van der Waals surface area (Å²) in [4.78, 5) is 55.4. The van der Waals surface area contributed by atoms with Gasteiger partial charge in [-0.1, -0.05) is 0 Å². The van der Waals surface area contributed by atoms with Gasteiger partial charge < -0.3 is 25.6 Å². The predicted octanol–water partition coefficient (Wildman–Crippen LogP) is -1.77. The number of nitrogens with zero attached hydrogens (tertiary/aromatic N) is 4. The monoisotopic (exact) mass is 548 g/mol. The summed E-state index contributed by atoms with van der Waals surface area (Å²) in [5, 5.41) is 18.8. The van der Waals surface area contributed by atoms with E-state index in [2.05, 4.69) is 15.0 Å². The van der Waals surface area contributed by atoms with Gasteiger partial charge in [0.05, 0.1) is 36.0 Å². The number of phosphoric ester groups is 1. The van der Waals surface area contributed by atoms with Crippen LogP contribution in [-0.4, -0.2) is 76.0 Å². The van der Waals surface area contributed by atoms with Crippen LogP contribution in [0.5, 0.6) is 0 Å². The number of aliphatic hydroxyl groups is 2. The van der Waals surface area contributed by atoms with Gasteiger partial charge in [0.1, 0.15) is 18.7 Å². The fourth-order valence-electron chi connectivity index (χ4n) is 3.90. The lowest BCUT2D eigenvalue weighted by molar-refractivity contribution is -0.0483. The highest BCUT2D eigenvalue weighted by atomic mass is 32.2. The minimum atomic E-state index is -4.69. The van der Waals surface area contributed by atoms with Crippen LogP contribution in [-0.2, 0) is 18.3 Å². The number of ether oxygens (including phenoxy) is 1. The van der Waals surface area contributed by atoms with Crippen molar-refractivity contribution in [2.75, 3.05) is 18.9 Å². The highest BCUT2D eigenvalue weighted by molar-refractivity contribution is 8.00. The van der Waals surface area contributed by atoms with Crippen molar-refractivity contribution in [2.24, 2.45) is 0 Å². The first kappa shape index (κ1) is 26.7. The molecule has 198 valence electrons. The van der Waals surface area contributed by atoms with Gasteiger partial charge in [-0.3, -0.25) is 28.0 Å². The van der Waals surface area contributed by atoms with E-state index in [1.54, 1.807) is 0 Å². The smallest absolute Gasteiger partial charge is 0.395 e. The summed E-state index contributed by atoms with van der Waals surface area (Å²) in [7, 11) is -4.69. The van der Waals surface area contributed by atoms with Gasteiger partial charge in [0.2, 0.25) is 5.95 Å². The third kappa shape index (κ3) is 5.78. The van der Waals surface area contributed by atoms with Crippen molar-refractivity contribution < 1.29 is 33.5 Å². The number of thioether (sulfide) groups is 1. The number of nitrogen functional groups attached to an aromatic ring is 1. The number of aromatic amines is 1. The molecule has 2 aromatic rings. The van der Waals surface area contributed by atoms with Crippen molar-refractivity contribution >= 4 is 25.5 Å². The molecule has 6 N–H and O–H groups in total. The number of hydrogen-bond acceptors (Lipinski definition) is 13. The maximum absolute atomic E-state index is 12.6. The highest BCUT2D eigenvalue weighted by Crippen LogP contribution is 2.52. The number of nitrogens with one attached hydrogen (secondary N) is 1. The van der Waals surface area contributed by atoms with E-state index in [9.17, 15) is 34.1 Å². The lowest BCUT2D eigenvalue weighted by Crippen LogP contribution is -2.33. The Morgan fingerprint density at radius 3 is 2.78 bits per heavy atom. The molecule has 4 heterocycles. The Bertz CT molecular complexity index is 1330. The Morgan fingerprint density at radius 2 is 2.08 bits per heavy atom. The van der Waals surface area contributed by atoms with Crippen LogP contribution in [0.4, 0.5) is 5.95 Å². The number of nitrogens with two attached hydrogens (primary N) is 1. The molecular formula is C18H25N6O10PS.